The van der Waals surface area contributed by atoms with E-state index in [2.05, 4.69) is 13.8 Å². The predicted molar refractivity (Wildman–Crippen MR) is 100 cm³/mol. The summed E-state index contributed by atoms with van der Waals surface area (Å²) < 4.78 is 0. The number of hydrogen-bond donors (Lipinski definition) is 0. The van der Waals surface area contributed by atoms with Crippen molar-refractivity contribution >= 4 is 11.9 Å². The molecule has 4 nitrogen and oxygen atoms in total. The Hall–Kier alpha value is -1.84. The summed E-state index contributed by atoms with van der Waals surface area (Å²) in [5.41, 5.74) is 1.15. The van der Waals surface area contributed by atoms with Gasteiger partial charge in [0, 0.05) is 11.1 Å². The van der Waals surface area contributed by atoms with E-state index in [1.807, 2.05) is 0 Å². The zero-order valence-electron chi connectivity index (χ0n) is 16.3. The molecular weight excluding hydrogens is 328 g/mol. The molecule has 0 aliphatic rings. The van der Waals surface area contributed by atoms with Crippen molar-refractivity contribution in [3.63, 3.8) is 0 Å². The zero-order chi connectivity index (χ0) is 19.4. The van der Waals surface area contributed by atoms with Gasteiger partial charge in [-0.15, -0.1) is 0 Å². The van der Waals surface area contributed by atoms with E-state index < -0.39 is 11.9 Å². The van der Waals surface area contributed by atoms with Gasteiger partial charge in [-0.3, -0.25) is 0 Å². The molecule has 0 radical (unpaired) electrons. The Kier molecular flexibility index (Phi) is 10.7. The van der Waals surface area contributed by atoms with Crippen molar-refractivity contribution in [1.82, 2.24) is 0 Å². The van der Waals surface area contributed by atoms with Crippen molar-refractivity contribution in [3.8, 4) is 0 Å². The number of aromatic carboxylic acids is 2. The summed E-state index contributed by atoms with van der Waals surface area (Å²) in [5, 5.41) is 23.0. The fourth-order valence-electron chi connectivity index (χ4n) is 3.44. The maximum absolute atomic E-state index is 11.6. The second-order valence-electron chi connectivity index (χ2n) is 7.03. The molecule has 0 unspecified atom stereocenters. The average Bonchev–Trinajstić information content (AvgIpc) is 2.61. The molecule has 0 saturated carbocycles. The van der Waals surface area contributed by atoms with Crippen LogP contribution in [0.25, 0.3) is 0 Å². The second-order valence-corrected chi connectivity index (χ2v) is 7.03. The van der Waals surface area contributed by atoms with Crippen LogP contribution in [0.4, 0.5) is 0 Å². The van der Waals surface area contributed by atoms with Gasteiger partial charge < -0.3 is 19.8 Å². The van der Waals surface area contributed by atoms with Gasteiger partial charge in [0.05, 0.1) is 11.9 Å². The molecule has 0 saturated heterocycles. The molecule has 0 bridgehead atoms. The first-order valence-corrected chi connectivity index (χ1v) is 10.1. The lowest BCUT2D eigenvalue weighted by Gasteiger charge is -2.20. The lowest BCUT2D eigenvalue weighted by Crippen LogP contribution is -2.31. The minimum absolute atomic E-state index is 0.174. The van der Waals surface area contributed by atoms with Crippen molar-refractivity contribution in [3.05, 3.63) is 34.4 Å². The van der Waals surface area contributed by atoms with E-state index in [1.165, 1.54) is 25.3 Å². The van der Waals surface area contributed by atoms with Gasteiger partial charge in [-0.25, -0.2) is 0 Å². The number of benzene rings is 1. The second kappa shape index (κ2) is 12.5. The van der Waals surface area contributed by atoms with Gasteiger partial charge in [0.25, 0.3) is 0 Å². The number of carbonyl (C=O) groups is 2. The third-order valence-electron chi connectivity index (χ3n) is 4.91. The Labute approximate surface area is 157 Å². The molecule has 0 heterocycles. The van der Waals surface area contributed by atoms with Crippen LogP contribution in [0.5, 0.6) is 0 Å². The average molecular weight is 360 g/mol. The number of carbonyl (C=O) groups excluding carboxylic acids is 2. The zero-order valence-corrected chi connectivity index (χ0v) is 16.3. The van der Waals surface area contributed by atoms with Gasteiger partial charge in [-0.2, -0.15) is 0 Å². The van der Waals surface area contributed by atoms with Crippen LogP contribution >= 0.6 is 0 Å². The quantitative estimate of drug-likeness (QED) is 0.476. The summed E-state index contributed by atoms with van der Waals surface area (Å²) in [7, 11) is 0. The topological polar surface area (TPSA) is 80.3 Å². The SMILES string of the molecule is CCCCCCCc1ccc(C(=O)[O-])c(C(=O)[O-])c1CCCCCCC. The van der Waals surface area contributed by atoms with Crippen molar-refractivity contribution in [2.75, 3.05) is 0 Å². The van der Waals surface area contributed by atoms with Crippen LogP contribution in [0.3, 0.4) is 0 Å². The summed E-state index contributed by atoms with van der Waals surface area (Å²) >= 11 is 0. The van der Waals surface area contributed by atoms with Crippen LogP contribution in [0.15, 0.2) is 12.1 Å². The highest BCUT2D eigenvalue weighted by molar-refractivity contribution is 6.01. The van der Waals surface area contributed by atoms with E-state index >= 15 is 0 Å². The van der Waals surface area contributed by atoms with Crippen molar-refractivity contribution in [2.24, 2.45) is 0 Å². The molecule has 1 rings (SSSR count). The molecule has 0 N–H and O–H groups in total. The molecule has 0 fully saturated rings. The number of aryl methyl sites for hydroxylation is 1. The van der Waals surface area contributed by atoms with Gasteiger partial charge in [0.1, 0.15) is 0 Å². The Morgan fingerprint density at radius 1 is 0.731 bits per heavy atom. The standard InChI is InChI=1S/C22H34O4/c1-3-5-7-9-11-13-17-15-16-19(21(23)24)20(22(25)26)18(17)14-12-10-8-6-4-2/h15-16H,3-14H2,1-2H3,(H,23,24)(H,25,26)/p-2. The van der Waals surface area contributed by atoms with Gasteiger partial charge in [0.2, 0.25) is 0 Å². The number of unbranched alkanes of at least 4 members (excludes halogenated alkanes) is 8. The molecule has 0 aliphatic heterocycles. The smallest absolute Gasteiger partial charge is 0.0724 e. The first kappa shape index (κ1) is 22.2. The van der Waals surface area contributed by atoms with Gasteiger partial charge in [-0.05, 0) is 36.8 Å². The van der Waals surface area contributed by atoms with E-state index in [-0.39, 0.29) is 11.1 Å². The fraction of sp³-hybridized carbons (Fsp3) is 0.636. The summed E-state index contributed by atoms with van der Waals surface area (Å²) in [4.78, 5) is 23.0. The monoisotopic (exact) mass is 360 g/mol. The van der Waals surface area contributed by atoms with E-state index in [4.69, 9.17) is 0 Å². The Morgan fingerprint density at radius 3 is 1.77 bits per heavy atom. The molecule has 0 spiro atoms. The molecule has 1 aromatic rings. The minimum Gasteiger partial charge on any atom is -0.545 e. The number of carboxylic acid groups (broad SMARTS) is 2. The minimum atomic E-state index is -1.45. The Bertz CT molecular complexity index is 578. The highest BCUT2D eigenvalue weighted by atomic mass is 16.4. The van der Waals surface area contributed by atoms with Crippen LogP contribution in [-0.2, 0) is 12.8 Å². The lowest BCUT2D eigenvalue weighted by molar-refractivity contribution is -0.259. The highest BCUT2D eigenvalue weighted by Crippen LogP contribution is 2.24. The summed E-state index contributed by atoms with van der Waals surface area (Å²) in [6.07, 6.45) is 12.3. The number of rotatable bonds is 14. The van der Waals surface area contributed by atoms with E-state index in [1.54, 1.807) is 6.07 Å². The summed E-state index contributed by atoms with van der Waals surface area (Å²) in [6.45, 7) is 4.32. The fourth-order valence-corrected chi connectivity index (χ4v) is 3.44. The van der Waals surface area contributed by atoms with Crippen LogP contribution in [0.1, 0.15) is 110 Å². The third kappa shape index (κ3) is 7.19. The highest BCUT2D eigenvalue weighted by Gasteiger charge is 2.15. The summed E-state index contributed by atoms with van der Waals surface area (Å²) in [5.74, 6) is -2.87. The van der Waals surface area contributed by atoms with Gasteiger partial charge >= 0.3 is 0 Å². The van der Waals surface area contributed by atoms with E-state index in [0.29, 0.717) is 12.0 Å². The van der Waals surface area contributed by atoms with E-state index in [0.717, 1.165) is 56.9 Å². The predicted octanol–water partition coefficient (Wildman–Crippen LogP) is 3.44. The molecule has 26 heavy (non-hydrogen) atoms. The first-order valence-electron chi connectivity index (χ1n) is 10.1. The normalized spacial score (nSPS) is 10.8. The molecule has 0 aromatic heterocycles. The van der Waals surface area contributed by atoms with Gasteiger partial charge in [0.15, 0.2) is 0 Å². The first-order chi connectivity index (χ1) is 12.5. The van der Waals surface area contributed by atoms with E-state index in [9.17, 15) is 19.8 Å². The number of hydrogen-bond acceptors (Lipinski definition) is 4. The number of carboxylic acids is 2. The molecule has 1 aromatic carbocycles. The van der Waals surface area contributed by atoms with Crippen molar-refractivity contribution in [2.45, 2.75) is 90.9 Å². The Morgan fingerprint density at radius 2 is 1.27 bits per heavy atom. The summed E-state index contributed by atoms with van der Waals surface area (Å²) in [6, 6.07) is 3.13. The largest absolute Gasteiger partial charge is 0.545 e. The maximum Gasteiger partial charge on any atom is 0.0724 e. The maximum atomic E-state index is 11.6. The van der Waals surface area contributed by atoms with Crippen LogP contribution in [-0.4, -0.2) is 11.9 Å². The lowest BCUT2D eigenvalue weighted by atomic mass is 9.89. The van der Waals surface area contributed by atoms with Gasteiger partial charge in [-0.1, -0.05) is 77.3 Å². The molecule has 0 aliphatic carbocycles. The molecular formula is C22H32O4-2. The van der Waals surface area contributed by atoms with Crippen LogP contribution in [0, 0.1) is 0 Å². The van der Waals surface area contributed by atoms with Crippen LogP contribution < -0.4 is 10.2 Å². The molecule has 146 valence electrons. The third-order valence-corrected chi connectivity index (χ3v) is 4.91. The Balaban J connectivity index is 2.96. The molecule has 0 atom stereocenters. The molecule has 4 heteroatoms. The van der Waals surface area contributed by atoms with Crippen LogP contribution in [0.2, 0.25) is 0 Å². The van der Waals surface area contributed by atoms with Crippen molar-refractivity contribution < 1.29 is 19.8 Å². The molecule has 0 amide bonds. The van der Waals surface area contributed by atoms with Crippen molar-refractivity contribution in [1.29, 1.82) is 0 Å².